The number of hydrogen-bond donors (Lipinski definition) is 1. The fourth-order valence-corrected chi connectivity index (χ4v) is 3.16. The number of anilines is 1. The highest BCUT2D eigenvalue weighted by atomic mass is 16.5. The summed E-state index contributed by atoms with van der Waals surface area (Å²) in [4.78, 5) is 29.4. The number of aryl methyl sites for hydroxylation is 1. The van der Waals surface area contributed by atoms with E-state index in [2.05, 4.69) is 10.3 Å². The molecule has 0 bridgehead atoms. The Labute approximate surface area is 185 Å². The molecule has 1 heterocycles. The lowest BCUT2D eigenvalue weighted by molar-refractivity contribution is -0.116. The molecule has 9 nitrogen and oxygen atoms in total. The zero-order valence-electron chi connectivity index (χ0n) is 18.4. The van der Waals surface area contributed by atoms with Crippen LogP contribution in [0.5, 0.6) is 17.2 Å². The van der Waals surface area contributed by atoms with Crippen LogP contribution in [-0.2, 0) is 16.1 Å². The van der Waals surface area contributed by atoms with Crippen LogP contribution in [0.2, 0.25) is 0 Å². The van der Waals surface area contributed by atoms with E-state index in [0.29, 0.717) is 60.0 Å². The van der Waals surface area contributed by atoms with Gasteiger partial charge in [0.1, 0.15) is 12.4 Å². The molecule has 3 rings (SSSR count). The van der Waals surface area contributed by atoms with Gasteiger partial charge < -0.3 is 24.3 Å². The van der Waals surface area contributed by atoms with Crippen LogP contribution in [0.25, 0.3) is 10.9 Å². The summed E-state index contributed by atoms with van der Waals surface area (Å²) in [6.07, 6.45) is 2.24. The monoisotopic (exact) mass is 441 g/mol. The molecule has 0 saturated heterocycles. The average Bonchev–Trinajstić information content (AvgIpc) is 2.81. The molecule has 0 aliphatic heterocycles. The average molecular weight is 441 g/mol. The van der Waals surface area contributed by atoms with E-state index >= 15 is 0 Å². The highest BCUT2D eigenvalue weighted by Crippen LogP contribution is 2.29. The van der Waals surface area contributed by atoms with Crippen LogP contribution in [0, 0.1) is 0 Å². The lowest BCUT2D eigenvalue weighted by atomic mass is 10.2. The topological polar surface area (TPSA) is 101 Å². The zero-order valence-corrected chi connectivity index (χ0v) is 18.4. The quantitative estimate of drug-likeness (QED) is 0.457. The standard InChI is InChI=1S/C23H27N3O6/c1-29-11-12-32-17-8-6-16(7-9-17)25-22(27)5-4-10-26-15-24-19-14-21(31-3)20(30-2)13-18(19)23(26)28/h6-9,13-15H,4-5,10-12H2,1-3H3,(H,25,27). The van der Waals surface area contributed by atoms with Crippen LogP contribution in [0.1, 0.15) is 12.8 Å². The maximum Gasteiger partial charge on any atom is 0.261 e. The lowest BCUT2D eigenvalue weighted by Gasteiger charge is -2.11. The van der Waals surface area contributed by atoms with Gasteiger partial charge in [0.05, 0.1) is 38.1 Å². The van der Waals surface area contributed by atoms with Gasteiger partial charge in [-0.15, -0.1) is 0 Å². The first-order valence-electron chi connectivity index (χ1n) is 10.2. The maximum atomic E-state index is 12.8. The molecule has 32 heavy (non-hydrogen) atoms. The Bertz CT molecular complexity index is 1110. The number of methoxy groups -OCH3 is 3. The number of amides is 1. The second-order valence-electron chi connectivity index (χ2n) is 6.98. The van der Waals surface area contributed by atoms with Gasteiger partial charge in [-0.2, -0.15) is 0 Å². The lowest BCUT2D eigenvalue weighted by Crippen LogP contribution is -2.22. The molecular weight excluding hydrogens is 414 g/mol. The molecule has 0 radical (unpaired) electrons. The van der Waals surface area contributed by atoms with E-state index in [9.17, 15) is 9.59 Å². The van der Waals surface area contributed by atoms with Gasteiger partial charge in [0.2, 0.25) is 5.91 Å². The van der Waals surface area contributed by atoms with E-state index in [0.717, 1.165) is 0 Å². The minimum absolute atomic E-state index is 0.133. The van der Waals surface area contributed by atoms with E-state index in [1.165, 1.54) is 25.1 Å². The summed E-state index contributed by atoms with van der Waals surface area (Å²) < 4.78 is 22.5. The first-order chi connectivity index (χ1) is 15.5. The Morgan fingerprint density at radius 3 is 2.44 bits per heavy atom. The van der Waals surface area contributed by atoms with Crippen molar-refractivity contribution >= 4 is 22.5 Å². The summed E-state index contributed by atoms with van der Waals surface area (Å²) in [5.41, 5.74) is 1.01. The fraction of sp³-hybridized carbons (Fsp3) is 0.348. The summed E-state index contributed by atoms with van der Waals surface area (Å²) in [7, 11) is 4.66. The smallest absolute Gasteiger partial charge is 0.261 e. The zero-order chi connectivity index (χ0) is 22.9. The number of benzene rings is 2. The summed E-state index contributed by atoms with van der Waals surface area (Å²) in [5.74, 6) is 1.55. The van der Waals surface area contributed by atoms with Crippen LogP contribution in [0.3, 0.4) is 0 Å². The molecule has 170 valence electrons. The molecule has 9 heteroatoms. The van der Waals surface area contributed by atoms with Gasteiger partial charge >= 0.3 is 0 Å². The first kappa shape index (κ1) is 23.1. The number of carbonyl (C=O) groups is 1. The van der Waals surface area contributed by atoms with E-state index in [-0.39, 0.29) is 17.9 Å². The van der Waals surface area contributed by atoms with Crippen molar-refractivity contribution in [1.82, 2.24) is 9.55 Å². The van der Waals surface area contributed by atoms with E-state index < -0.39 is 0 Å². The van der Waals surface area contributed by atoms with Crippen LogP contribution in [-0.4, -0.2) is 50.0 Å². The summed E-state index contributed by atoms with van der Waals surface area (Å²) >= 11 is 0. The summed E-state index contributed by atoms with van der Waals surface area (Å²) in [5, 5.41) is 3.27. The van der Waals surface area contributed by atoms with Gasteiger partial charge in [-0.05, 0) is 36.8 Å². The minimum Gasteiger partial charge on any atom is -0.493 e. The Morgan fingerprint density at radius 2 is 1.75 bits per heavy atom. The number of aromatic nitrogens is 2. The second kappa shape index (κ2) is 11.1. The molecule has 0 spiro atoms. The van der Waals surface area contributed by atoms with Crippen LogP contribution < -0.4 is 25.1 Å². The molecule has 0 aliphatic rings. The molecule has 0 unspecified atom stereocenters. The second-order valence-corrected chi connectivity index (χ2v) is 6.98. The summed E-state index contributed by atoms with van der Waals surface area (Å²) in [6.45, 7) is 1.34. The van der Waals surface area contributed by atoms with Crippen molar-refractivity contribution in [2.24, 2.45) is 0 Å². The number of hydrogen-bond acceptors (Lipinski definition) is 7. The Morgan fingerprint density at radius 1 is 1.03 bits per heavy atom. The molecule has 1 aromatic heterocycles. The van der Waals surface area contributed by atoms with Crippen molar-refractivity contribution in [3.8, 4) is 17.2 Å². The SMILES string of the molecule is COCCOc1ccc(NC(=O)CCCn2cnc3cc(OC)c(OC)cc3c2=O)cc1. The van der Waals surface area contributed by atoms with Gasteiger partial charge in [-0.1, -0.05) is 0 Å². The van der Waals surface area contributed by atoms with Crippen LogP contribution >= 0.6 is 0 Å². The fourth-order valence-electron chi connectivity index (χ4n) is 3.16. The molecule has 1 N–H and O–H groups in total. The van der Waals surface area contributed by atoms with Gasteiger partial charge in [0.15, 0.2) is 11.5 Å². The number of rotatable bonds is 11. The molecule has 0 aliphatic carbocycles. The van der Waals surface area contributed by atoms with Crippen molar-refractivity contribution in [3.05, 3.63) is 53.1 Å². The van der Waals surface area contributed by atoms with Crippen molar-refractivity contribution in [2.75, 3.05) is 39.9 Å². The first-order valence-corrected chi connectivity index (χ1v) is 10.2. The normalized spacial score (nSPS) is 10.7. The predicted octanol–water partition coefficient (Wildman–Crippen LogP) is 2.86. The van der Waals surface area contributed by atoms with E-state index in [1.54, 1.807) is 43.5 Å². The highest BCUT2D eigenvalue weighted by Gasteiger charge is 2.11. The third kappa shape index (κ3) is 5.76. The number of carbonyl (C=O) groups excluding carboxylic acids is 1. The van der Waals surface area contributed by atoms with Crippen molar-refractivity contribution in [1.29, 1.82) is 0 Å². The van der Waals surface area contributed by atoms with Gasteiger partial charge in [-0.3, -0.25) is 14.2 Å². The molecule has 2 aromatic carbocycles. The van der Waals surface area contributed by atoms with E-state index in [1.807, 2.05) is 0 Å². The number of fused-ring (bicyclic) bond motifs is 1. The molecular formula is C23H27N3O6. The van der Waals surface area contributed by atoms with Crippen molar-refractivity contribution in [3.63, 3.8) is 0 Å². The highest BCUT2D eigenvalue weighted by molar-refractivity contribution is 5.90. The molecule has 0 saturated carbocycles. The third-order valence-electron chi connectivity index (χ3n) is 4.83. The van der Waals surface area contributed by atoms with Crippen molar-refractivity contribution < 1.29 is 23.7 Å². The predicted molar refractivity (Wildman–Crippen MR) is 121 cm³/mol. The number of nitrogens with one attached hydrogen (secondary N) is 1. The van der Waals surface area contributed by atoms with Gasteiger partial charge in [0, 0.05) is 31.8 Å². The third-order valence-corrected chi connectivity index (χ3v) is 4.83. The number of nitrogens with zero attached hydrogens (tertiary/aromatic N) is 2. The largest absolute Gasteiger partial charge is 0.493 e. The molecule has 3 aromatic rings. The number of ether oxygens (including phenoxy) is 4. The maximum absolute atomic E-state index is 12.8. The van der Waals surface area contributed by atoms with Gasteiger partial charge in [-0.25, -0.2) is 4.98 Å². The molecule has 1 amide bonds. The van der Waals surface area contributed by atoms with Crippen LogP contribution in [0.15, 0.2) is 47.5 Å². The Balaban J connectivity index is 1.56. The summed E-state index contributed by atoms with van der Waals surface area (Å²) in [6, 6.07) is 10.4. The van der Waals surface area contributed by atoms with Crippen molar-refractivity contribution in [2.45, 2.75) is 19.4 Å². The van der Waals surface area contributed by atoms with E-state index in [4.69, 9.17) is 18.9 Å². The van der Waals surface area contributed by atoms with Crippen LogP contribution in [0.4, 0.5) is 5.69 Å². The Hall–Kier alpha value is -3.59. The minimum atomic E-state index is -0.194. The molecule has 0 atom stereocenters. The van der Waals surface area contributed by atoms with Gasteiger partial charge in [0.25, 0.3) is 5.56 Å². The molecule has 0 fully saturated rings. The Kier molecular flexibility index (Phi) is 8.04.